The quantitative estimate of drug-likeness (QED) is 0.308. The topological polar surface area (TPSA) is 17.1 Å². The maximum absolute atomic E-state index is 12.6. The van der Waals surface area contributed by atoms with Crippen molar-refractivity contribution in [3.63, 3.8) is 0 Å². The summed E-state index contributed by atoms with van der Waals surface area (Å²) in [6.45, 7) is 8.26. The summed E-state index contributed by atoms with van der Waals surface area (Å²) < 4.78 is 0. The summed E-state index contributed by atoms with van der Waals surface area (Å²) in [4.78, 5) is 12.6. The van der Waals surface area contributed by atoms with E-state index < -0.39 is 0 Å². The molecule has 0 N–H and O–H groups in total. The SMILES string of the molecule is CCCCCc1ccc(-c2ccc(C(C(C)=O)c3ccc(CCC)cc3)c(C)c2)cc1. The van der Waals surface area contributed by atoms with Crippen LogP contribution < -0.4 is 0 Å². The van der Waals surface area contributed by atoms with Gasteiger partial charge in [0.2, 0.25) is 0 Å². The molecule has 0 aliphatic heterocycles. The van der Waals surface area contributed by atoms with E-state index in [-0.39, 0.29) is 11.7 Å². The summed E-state index contributed by atoms with van der Waals surface area (Å²) in [7, 11) is 0. The minimum Gasteiger partial charge on any atom is -0.299 e. The molecule has 0 aliphatic carbocycles. The van der Waals surface area contributed by atoms with E-state index in [9.17, 15) is 4.79 Å². The molecule has 0 spiro atoms. The third kappa shape index (κ3) is 5.94. The number of aryl methyl sites for hydroxylation is 3. The predicted octanol–water partition coefficient (Wildman–Crippen LogP) is 8.07. The second-order valence-corrected chi connectivity index (χ2v) is 8.76. The Morgan fingerprint density at radius 2 is 1.35 bits per heavy atom. The van der Waals surface area contributed by atoms with Gasteiger partial charge in [-0.1, -0.05) is 99.8 Å². The Kier molecular flexibility index (Phi) is 8.23. The van der Waals surface area contributed by atoms with Crippen molar-refractivity contribution in [1.82, 2.24) is 0 Å². The van der Waals surface area contributed by atoms with Crippen LogP contribution in [0.2, 0.25) is 0 Å². The van der Waals surface area contributed by atoms with Gasteiger partial charge in [-0.2, -0.15) is 0 Å². The molecule has 3 aromatic rings. The predicted molar refractivity (Wildman–Crippen MR) is 133 cm³/mol. The molecule has 31 heavy (non-hydrogen) atoms. The summed E-state index contributed by atoms with van der Waals surface area (Å²) in [6, 6.07) is 24.1. The number of unbranched alkanes of at least 4 members (excludes halogenated alkanes) is 2. The highest BCUT2D eigenvalue weighted by molar-refractivity contribution is 5.87. The number of benzene rings is 3. The van der Waals surface area contributed by atoms with Gasteiger partial charge < -0.3 is 0 Å². The maximum atomic E-state index is 12.6. The lowest BCUT2D eigenvalue weighted by Gasteiger charge is -2.19. The number of rotatable bonds is 10. The number of carbonyl (C=O) groups excluding carboxylic acids is 1. The van der Waals surface area contributed by atoms with Crippen molar-refractivity contribution in [2.75, 3.05) is 0 Å². The Morgan fingerprint density at radius 1 is 0.742 bits per heavy atom. The van der Waals surface area contributed by atoms with Crippen molar-refractivity contribution in [2.45, 2.75) is 72.1 Å². The summed E-state index contributed by atoms with van der Waals surface area (Å²) in [5.41, 5.74) is 8.55. The zero-order valence-corrected chi connectivity index (χ0v) is 19.6. The second kappa shape index (κ2) is 11.1. The number of hydrogen-bond donors (Lipinski definition) is 0. The normalized spacial score (nSPS) is 12.0. The van der Waals surface area contributed by atoms with Gasteiger partial charge in [0.05, 0.1) is 5.92 Å². The average Bonchev–Trinajstić information content (AvgIpc) is 2.77. The fraction of sp³-hybridized carbons (Fsp3) is 0.367. The first-order valence-electron chi connectivity index (χ1n) is 11.8. The molecule has 3 rings (SSSR count). The van der Waals surface area contributed by atoms with Crippen LogP contribution in [0.3, 0.4) is 0 Å². The molecule has 0 heterocycles. The molecule has 0 saturated carbocycles. The fourth-order valence-electron chi connectivity index (χ4n) is 4.42. The Morgan fingerprint density at radius 3 is 1.94 bits per heavy atom. The molecule has 0 radical (unpaired) electrons. The van der Waals surface area contributed by atoms with Crippen LogP contribution in [0.5, 0.6) is 0 Å². The minimum absolute atomic E-state index is 0.190. The zero-order valence-electron chi connectivity index (χ0n) is 19.6. The smallest absolute Gasteiger partial charge is 0.141 e. The summed E-state index contributed by atoms with van der Waals surface area (Å²) in [6.07, 6.45) is 7.18. The molecule has 0 aliphatic rings. The van der Waals surface area contributed by atoms with Crippen LogP contribution in [0.1, 0.15) is 80.2 Å². The standard InChI is InChI=1S/C30H36O/c1-5-7-8-10-25-11-15-26(16-12-25)28-19-20-29(22(3)21-28)30(23(4)31)27-17-13-24(9-6-2)14-18-27/h11-21,30H,5-10H2,1-4H3. The van der Waals surface area contributed by atoms with Crippen molar-refractivity contribution in [2.24, 2.45) is 0 Å². The summed E-state index contributed by atoms with van der Waals surface area (Å²) in [5, 5.41) is 0. The van der Waals surface area contributed by atoms with E-state index in [1.807, 2.05) is 0 Å². The molecule has 1 heteroatoms. The first kappa shape index (κ1) is 23.0. The van der Waals surface area contributed by atoms with Gasteiger partial charge in [0.15, 0.2) is 0 Å². The second-order valence-electron chi connectivity index (χ2n) is 8.76. The van der Waals surface area contributed by atoms with Gasteiger partial charge in [0.1, 0.15) is 5.78 Å². The van der Waals surface area contributed by atoms with Crippen molar-refractivity contribution in [3.05, 3.63) is 94.5 Å². The van der Waals surface area contributed by atoms with E-state index >= 15 is 0 Å². The molecule has 0 aromatic heterocycles. The number of carbonyl (C=O) groups is 1. The van der Waals surface area contributed by atoms with E-state index in [1.165, 1.54) is 47.1 Å². The van der Waals surface area contributed by atoms with Crippen LogP contribution in [0.4, 0.5) is 0 Å². The van der Waals surface area contributed by atoms with Crippen molar-refractivity contribution in [1.29, 1.82) is 0 Å². The highest BCUT2D eigenvalue weighted by Crippen LogP contribution is 2.32. The molecule has 1 unspecified atom stereocenters. The Balaban J connectivity index is 1.83. The van der Waals surface area contributed by atoms with Crippen LogP contribution in [0.25, 0.3) is 11.1 Å². The van der Waals surface area contributed by atoms with E-state index in [4.69, 9.17) is 0 Å². The third-order valence-corrected chi connectivity index (χ3v) is 6.20. The molecular weight excluding hydrogens is 376 g/mol. The number of hydrogen-bond acceptors (Lipinski definition) is 1. The third-order valence-electron chi connectivity index (χ3n) is 6.20. The highest BCUT2D eigenvalue weighted by Gasteiger charge is 2.21. The molecule has 1 nitrogen and oxygen atoms in total. The van der Waals surface area contributed by atoms with Crippen LogP contribution >= 0.6 is 0 Å². The average molecular weight is 413 g/mol. The molecule has 0 saturated heterocycles. The van der Waals surface area contributed by atoms with Gasteiger partial charge in [-0.3, -0.25) is 4.79 Å². The molecule has 3 aromatic carbocycles. The highest BCUT2D eigenvalue weighted by atomic mass is 16.1. The van der Waals surface area contributed by atoms with Crippen molar-refractivity contribution < 1.29 is 4.79 Å². The van der Waals surface area contributed by atoms with Gasteiger partial charge in [0.25, 0.3) is 0 Å². The maximum Gasteiger partial charge on any atom is 0.141 e. The Labute approximate surface area is 188 Å². The van der Waals surface area contributed by atoms with E-state index in [0.29, 0.717) is 0 Å². The van der Waals surface area contributed by atoms with Gasteiger partial charge in [-0.15, -0.1) is 0 Å². The van der Waals surface area contributed by atoms with E-state index in [0.717, 1.165) is 30.4 Å². The molecule has 0 amide bonds. The summed E-state index contributed by atoms with van der Waals surface area (Å²) >= 11 is 0. The largest absolute Gasteiger partial charge is 0.299 e. The number of ketones is 1. The molecule has 0 fully saturated rings. The Hall–Kier alpha value is -2.67. The lowest BCUT2D eigenvalue weighted by Crippen LogP contribution is -2.12. The van der Waals surface area contributed by atoms with Gasteiger partial charge in [0, 0.05) is 0 Å². The van der Waals surface area contributed by atoms with Crippen LogP contribution in [0, 0.1) is 6.92 Å². The fourth-order valence-corrected chi connectivity index (χ4v) is 4.42. The lowest BCUT2D eigenvalue weighted by molar-refractivity contribution is -0.117. The first-order valence-corrected chi connectivity index (χ1v) is 11.8. The molecule has 0 bridgehead atoms. The van der Waals surface area contributed by atoms with Crippen LogP contribution in [-0.2, 0) is 17.6 Å². The van der Waals surface area contributed by atoms with Crippen molar-refractivity contribution >= 4 is 5.78 Å². The van der Waals surface area contributed by atoms with Gasteiger partial charge >= 0.3 is 0 Å². The van der Waals surface area contributed by atoms with Crippen LogP contribution in [-0.4, -0.2) is 5.78 Å². The lowest BCUT2D eigenvalue weighted by atomic mass is 9.84. The van der Waals surface area contributed by atoms with Crippen molar-refractivity contribution in [3.8, 4) is 11.1 Å². The monoisotopic (exact) mass is 412 g/mol. The van der Waals surface area contributed by atoms with Crippen LogP contribution in [0.15, 0.2) is 66.7 Å². The summed E-state index contributed by atoms with van der Waals surface area (Å²) in [5.74, 6) is -0.0128. The molecule has 162 valence electrons. The van der Waals surface area contributed by atoms with Gasteiger partial charge in [-0.05, 0) is 72.1 Å². The minimum atomic E-state index is -0.203. The van der Waals surface area contributed by atoms with E-state index in [1.54, 1.807) is 6.92 Å². The van der Waals surface area contributed by atoms with Gasteiger partial charge in [-0.25, -0.2) is 0 Å². The Bertz CT molecular complexity index is 980. The van der Waals surface area contributed by atoms with E-state index in [2.05, 4.69) is 87.5 Å². The molecule has 1 atom stereocenters. The first-order chi connectivity index (χ1) is 15.0. The number of Topliss-reactive ketones (excluding diaryl/α,β-unsaturated/α-hetero) is 1. The zero-order chi connectivity index (χ0) is 22.2. The molecular formula is C30H36O.